The Morgan fingerprint density at radius 3 is 2.20 bits per heavy atom. The van der Waals surface area contributed by atoms with Crippen molar-refractivity contribution in [1.29, 1.82) is 0 Å². The molecule has 0 spiro atoms. The van der Waals surface area contributed by atoms with Gasteiger partial charge in [0.15, 0.2) is 5.75 Å². The van der Waals surface area contributed by atoms with Gasteiger partial charge >= 0.3 is 0 Å². The molecule has 1 aliphatic rings. The Labute approximate surface area is 185 Å². The van der Waals surface area contributed by atoms with Crippen LogP contribution in [-0.2, 0) is 22.7 Å². The Bertz CT molecular complexity index is 567. The van der Waals surface area contributed by atoms with Gasteiger partial charge in [-0.3, -0.25) is 0 Å². The molecule has 0 fully saturated rings. The smallest absolute Gasteiger partial charge is 0.171 e. The molecular weight excluding hydrogens is 372 g/mol. The van der Waals surface area contributed by atoms with Crippen molar-refractivity contribution >= 4 is 0 Å². The van der Waals surface area contributed by atoms with Gasteiger partial charge in [-0.05, 0) is 50.2 Å². The number of hydrogen-bond donors (Lipinski definition) is 0. The number of unbranched alkanes of at least 4 members (excludes halogenated alkanes) is 12. The molecule has 0 bridgehead atoms. The Morgan fingerprint density at radius 2 is 1.47 bits per heavy atom. The molecule has 0 saturated carbocycles. The van der Waals surface area contributed by atoms with E-state index in [9.17, 15) is 0 Å². The summed E-state index contributed by atoms with van der Waals surface area (Å²) in [5.74, 6) is 0.862. The number of fused-ring (bicyclic) bond motifs is 1. The third-order valence-electron chi connectivity index (χ3n) is 5.83. The molecule has 0 saturated heterocycles. The molecule has 1 aromatic carbocycles. The molecule has 3 nitrogen and oxygen atoms in total. The maximum Gasteiger partial charge on any atom is 0.171 e. The molecule has 30 heavy (non-hydrogen) atoms. The van der Waals surface area contributed by atoms with E-state index in [1.165, 1.54) is 95.5 Å². The summed E-state index contributed by atoms with van der Waals surface area (Å²) in [6, 6.07) is 6.29. The zero-order valence-corrected chi connectivity index (χ0v) is 19.3. The second-order valence-corrected chi connectivity index (χ2v) is 8.59. The molecule has 1 aliphatic heterocycles. The molecule has 2 rings (SSSR count). The van der Waals surface area contributed by atoms with Crippen LogP contribution in [-0.4, -0.2) is 13.2 Å². The number of benzene rings is 1. The third-order valence-corrected chi connectivity index (χ3v) is 5.83. The highest BCUT2D eigenvalue weighted by Gasteiger charge is 2.13. The van der Waals surface area contributed by atoms with E-state index in [2.05, 4.69) is 37.3 Å². The predicted molar refractivity (Wildman–Crippen MR) is 126 cm³/mol. The van der Waals surface area contributed by atoms with Gasteiger partial charge in [0.2, 0.25) is 0 Å². The highest BCUT2D eigenvalue weighted by Crippen LogP contribution is 2.27. The fourth-order valence-electron chi connectivity index (χ4n) is 3.85. The molecule has 1 heterocycles. The average molecular weight is 417 g/mol. The maximum atomic E-state index is 5.79. The van der Waals surface area contributed by atoms with Gasteiger partial charge in [-0.25, -0.2) is 0 Å². The topological polar surface area (TPSA) is 27.7 Å². The van der Waals surface area contributed by atoms with Crippen LogP contribution in [0.1, 0.15) is 108 Å². The number of rotatable bonds is 19. The van der Waals surface area contributed by atoms with Crippen molar-refractivity contribution in [3.8, 4) is 5.75 Å². The second-order valence-electron chi connectivity index (χ2n) is 8.59. The Hall–Kier alpha value is -1.32. The minimum Gasteiger partial charge on any atom is -0.381 e. The van der Waals surface area contributed by atoms with E-state index >= 15 is 0 Å². The largest absolute Gasteiger partial charge is 0.381 e. The van der Waals surface area contributed by atoms with Crippen molar-refractivity contribution in [2.24, 2.45) is 0 Å². The molecule has 0 aromatic heterocycles. The molecule has 0 amide bonds. The SMILES string of the molecule is CCCCCCCC/C=C\CCCCCCCCOCCc1ccc2c(c1)OOC2. The third kappa shape index (κ3) is 11.8. The summed E-state index contributed by atoms with van der Waals surface area (Å²) in [5.41, 5.74) is 2.38. The first-order valence-corrected chi connectivity index (χ1v) is 12.5. The molecule has 0 radical (unpaired) electrons. The van der Waals surface area contributed by atoms with Crippen molar-refractivity contribution in [3.63, 3.8) is 0 Å². The molecule has 170 valence electrons. The van der Waals surface area contributed by atoms with Crippen molar-refractivity contribution in [2.45, 2.75) is 110 Å². The van der Waals surface area contributed by atoms with Crippen LogP contribution in [0.4, 0.5) is 0 Å². The summed E-state index contributed by atoms with van der Waals surface area (Å²) in [6.45, 7) is 4.50. The lowest BCUT2D eigenvalue weighted by molar-refractivity contribution is -0.194. The minimum absolute atomic E-state index is 0.558. The Kier molecular flexibility index (Phi) is 14.4. The van der Waals surface area contributed by atoms with E-state index in [4.69, 9.17) is 14.5 Å². The minimum atomic E-state index is 0.558. The fraction of sp³-hybridized carbons (Fsp3) is 0.704. The van der Waals surface area contributed by atoms with Gasteiger partial charge in [0, 0.05) is 12.2 Å². The van der Waals surface area contributed by atoms with Crippen LogP contribution in [0.3, 0.4) is 0 Å². The summed E-state index contributed by atoms with van der Waals surface area (Å²) in [7, 11) is 0. The van der Waals surface area contributed by atoms with Crippen LogP contribution in [0, 0.1) is 0 Å². The van der Waals surface area contributed by atoms with Gasteiger partial charge < -0.3 is 9.62 Å². The van der Waals surface area contributed by atoms with E-state index in [1.807, 2.05) is 0 Å². The summed E-state index contributed by atoms with van der Waals surface area (Å²) in [4.78, 5) is 10.1. The van der Waals surface area contributed by atoms with E-state index in [-0.39, 0.29) is 0 Å². The number of ether oxygens (including phenoxy) is 1. The monoisotopic (exact) mass is 416 g/mol. The van der Waals surface area contributed by atoms with Gasteiger partial charge in [-0.2, -0.15) is 4.89 Å². The van der Waals surface area contributed by atoms with Crippen molar-refractivity contribution in [3.05, 3.63) is 41.5 Å². The summed E-state index contributed by atoms with van der Waals surface area (Å²) < 4.78 is 5.79. The van der Waals surface area contributed by atoms with Gasteiger partial charge in [-0.1, -0.05) is 89.0 Å². The zero-order chi connectivity index (χ0) is 21.1. The van der Waals surface area contributed by atoms with Crippen LogP contribution in [0.2, 0.25) is 0 Å². The van der Waals surface area contributed by atoms with E-state index < -0.39 is 0 Å². The second kappa shape index (κ2) is 17.4. The van der Waals surface area contributed by atoms with Crippen molar-refractivity contribution < 1.29 is 14.5 Å². The van der Waals surface area contributed by atoms with Gasteiger partial charge in [0.05, 0.1) is 6.61 Å². The highest BCUT2D eigenvalue weighted by atomic mass is 17.2. The maximum absolute atomic E-state index is 5.79. The van der Waals surface area contributed by atoms with Crippen LogP contribution in [0.5, 0.6) is 5.75 Å². The quantitative estimate of drug-likeness (QED) is 0.129. The summed E-state index contributed by atoms with van der Waals surface area (Å²) in [5, 5.41) is 0. The molecule has 1 aromatic rings. The van der Waals surface area contributed by atoms with Gasteiger partial charge in [0.25, 0.3) is 0 Å². The molecule has 0 N–H and O–H groups in total. The van der Waals surface area contributed by atoms with E-state index in [0.29, 0.717) is 6.61 Å². The molecule has 3 heteroatoms. The number of allylic oxidation sites excluding steroid dienone is 2. The first-order chi connectivity index (χ1) is 14.9. The lowest BCUT2D eigenvalue weighted by atomic mass is 10.1. The van der Waals surface area contributed by atoms with Crippen molar-refractivity contribution in [2.75, 3.05) is 13.2 Å². The highest BCUT2D eigenvalue weighted by molar-refractivity contribution is 5.38. The lowest BCUT2D eigenvalue weighted by Gasteiger charge is -2.05. The molecule has 0 unspecified atom stereocenters. The summed E-state index contributed by atoms with van der Waals surface area (Å²) in [6.07, 6.45) is 24.6. The van der Waals surface area contributed by atoms with Crippen LogP contribution >= 0.6 is 0 Å². The molecule has 0 atom stereocenters. The van der Waals surface area contributed by atoms with Gasteiger partial charge in [0.1, 0.15) is 6.61 Å². The summed E-state index contributed by atoms with van der Waals surface area (Å²) >= 11 is 0. The Morgan fingerprint density at radius 1 is 0.800 bits per heavy atom. The predicted octanol–water partition coefficient (Wildman–Crippen LogP) is 8.11. The zero-order valence-electron chi connectivity index (χ0n) is 19.3. The van der Waals surface area contributed by atoms with Crippen LogP contribution < -0.4 is 4.89 Å². The lowest BCUT2D eigenvalue weighted by Crippen LogP contribution is -2.00. The van der Waals surface area contributed by atoms with Crippen LogP contribution in [0.15, 0.2) is 30.4 Å². The standard InChI is InChI=1S/C27H44O3/c1-2-3-4-5-6-7-8-9-10-11-12-13-14-15-16-17-21-28-22-20-25-18-19-26-24-29-30-27(26)23-25/h9-10,18-19,23H,2-8,11-17,20-22,24H2,1H3/b10-9-. The Balaban J connectivity index is 1.29. The van der Waals surface area contributed by atoms with E-state index in [1.54, 1.807) is 0 Å². The van der Waals surface area contributed by atoms with Crippen molar-refractivity contribution in [1.82, 2.24) is 0 Å². The average Bonchev–Trinajstić information content (AvgIpc) is 3.23. The first kappa shape index (κ1) is 24.9. The van der Waals surface area contributed by atoms with Crippen LogP contribution in [0.25, 0.3) is 0 Å². The van der Waals surface area contributed by atoms with Gasteiger partial charge in [-0.15, -0.1) is 0 Å². The normalized spacial score (nSPS) is 13.1. The molecular formula is C27H44O3. The van der Waals surface area contributed by atoms with E-state index in [0.717, 1.165) is 30.9 Å². The molecule has 0 aliphatic carbocycles. The fourth-order valence-corrected chi connectivity index (χ4v) is 3.85. The number of hydrogen-bond acceptors (Lipinski definition) is 3. The first-order valence-electron chi connectivity index (χ1n) is 12.5.